The number of carboxylic acid groups (broad SMARTS) is 1. The highest BCUT2D eigenvalue weighted by Gasteiger charge is 2.53. The molecule has 0 aromatic heterocycles. The quantitative estimate of drug-likeness (QED) is 0.675. The first-order chi connectivity index (χ1) is 6.31. The van der Waals surface area contributed by atoms with Crippen molar-refractivity contribution in [1.29, 1.82) is 0 Å². The molecular formula is C8H6F4O2. The predicted molar refractivity (Wildman–Crippen MR) is 39.1 cm³/mol. The first-order valence-corrected chi connectivity index (χ1v) is 3.67. The van der Waals surface area contributed by atoms with Crippen molar-refractivity contribution in [1.82, 2.24) is 0 Å². The Morgan fingerprint density at radius 2 is 2.00 bits per heavy atom. The molecule has 0 aliphatic heterocycles. The van der Waals surface area contributed by atoms with E-state index in [4.69, 9.17) is 5.11 Å². The second-order valence-electron chi connectivity index (χ2n) is 2.93. The number of carboxylic acids is 1. The van der Waals surface area contributed by atoms with E-state index in [2.05, 4.69) is 0 Å². The number of aliphatic carboxylic acids is 1. The lowest BCUT2D eigenvalue weighted by Gasteiger charge is -2.27. The van der Waals surface area contributed by atoms with Gasteiger partial charge in [-0.3, -0.25) is 0 Å². The van der Waals surface area contributed by atoms with Gasteiger partial charge in [0.05, 0.1) is 5.92 Å². The molecule has 0 bridgehead atoms. The smallest absolute Gasteiger partial charge is 0.349 e. The second-order valence-corrected chi connectivity index (χ2v) is 2.93. The Morgan fingerprint density at radius 3 is 2.43 bits per heavy atom. The summed E-state index contributed by atoms with van der Waals surface area (Å²) in [5.41, 5.74) is -3.51. The van der Waals surface area contributed by atoms with Gasteiger partial charge >= 0.3 is 5.97 Å². The average molecular weight is 210 g/mol. The van der Waals surface area contributed by atoms with E-state index in [1.807, 2.05) is 0 Å². The molecule has 2 atom stereocenters. The number of hydrogen-bond donors (Lipinski definition) is 1. The number of rotatable bonds is 1. The topological polar surface area (TPSA) is 37.3 Å². The molecule has 0 aromatic carbocycles. The Labute approximate surface area is 76.5 Å². The van der Waals surface area contributed by atoms with Crippen molar-refractivity contribution < 1.29 is 27.5 Å². The van der Waals surface area contributed by atoms with Gasteiger partial charge in [-0.1, -0.05) is 6.92 Å². The molecule has 0 saturated carbocycles. The van der Waals surface area contributed by atoms with E-state index in [1.165, 1.54) is 0 Å². The van der Waals surface area contributed by atoms with Crippen LogP contribution in [-0.2, 0) is 4.79 Å². The SMILES string of the molecule is CC1C(F)=C(F)C=C(F)C1(F)C(=O)O. The first-order valence-electron chi connectivity index (χ1n) is 3.67. The first kappa shape index (κ1) is 10.7. The number of allylic oxidation sites excluding steroid dienone is 3. The number of carbonyl (C=O) groups is 1. The molecule has 78 valence electrons. The summed E-state index contributed by atoms with van der Waals surface area (Å²) in [7, 11) is 0. The highest BCUT2D eigenvalue weighted by Crippen LogP contribution is 2.42. The predicted octanol–water partition coefficient (Wildman–Crippen LogP) is 2.43. The van der Waals surface area contributed by atoms with Crippen LogP contribution >= 0.6 is 0 Å². The normalized spacial score (nSPS) is 32.9. The Bertz CT molecular complexity index is 347. The Balaban J connectivity index is 3.29. The van der Waals surface area contributed by atoms with Gasteiger partial charge in [0, 0.05) is 6.08 Å². The lowest BCUT2D eigenvalue weighted by Crippen LogP contribution is -2.43. The lowest BCUT2D eigenvalue weighted by atomic mass is 9.84. The summed E-state index contributed by atoms with van der Waals surface area (Å²) < 4.78 is 51.5. The molecule has 0 saturated heterocycles. The van der Waals surface area contributed by atoms with E-state index in [9.17, 15) is 22.4 Å². The third-order valence-electron chi connectivity index (χ3n) is 2.12. The molecule has 0 radical (unpaired) electrons. The van der Waals surface area contributed by atoms with Crippen molar-refractivity contribution in [2.75, 3.05) is 0 Å². The van der Waals surface area contributed by atoms with Gasteiger partial charge in [0.25, 0.3) is 5.67 Å². The van der Waals surface area contributed by atoms with Gasteiger partial charge in [-0.2, -0.15) is 0 Å². The fourth-order valence-electron chi connectivity index (χ4n) is 1.16. The summed E-state index contributed by atoms with van der Waals surface area (Å²) in [6.45, 7) is 0.760. The molecule has 1 aliphatic rings. The van der Waals surface area contributed by atoms with Crippen LogP contribution in [0, 0.1) is 5.92 Å². The van der Waals surface area contributed by atoms with Crippen LogP contribution < -0.4 is 0 Å². The molecule has 1 rings (SSSR count). The summed E-state index contributed by atoms with van der Waals surface area (Å²) in [6.07, 6.45) is -0.0938. The summed E-state index contributed by atoms with van der Waals surface area (Å²) in [4.78, 5) is 10.4. The van der Waals surface area contributed by atoms with Crippen molar-refractivity contribution in [3.63, 3.8) is 0 Å². The Morgan fingerprint density at radius 1 is 1.50 bits per heavy atom. The van der Waals surface area contributed by atoms with Crippen molar-refractivity contribution in [3.05, 3.63) is 23.6 Å². The highest BCUT2D eigenvalue weighted by atomic mass is 19.2. The van der Waals surface area contributed by atoms with Gasteiger partial charge in [-0.25, -0.2) is 22.4 Å². The van der Waals surface area contributed by atoms with Crippen LogP contribution in [-0.4, -0.2) is 16.7 Å². The molecular weight excluding hydrogens is 204 g/mol. The minimum absolute atomic E-state index is 0.0938. The van der Waals surface area contributed by atoms with Crippen LogP contribution in [0.2, 0.25) is 0 Å². The molecule has 2 unspecified atom stereocenters. The van der Waals surface area contributed by atoms with E-state index in [0.717, 1.165) is 6.92 Å². The minimum atomic E-state index is -3.51. The second kappa shape index (κ2) is 3.11. The molecule has 0 fully saturated rings. The third-order valence-corrected chi connectivity index (χ3v) is 2.12. The fourth-order valence-corrected chi connectivity index (χ4v) is 1.16. The van der Waals surface area contributed by atoms with Gasteiger partial charge in [-0.15, -0.1) is 0 Å². The summed E-state index contributed by atoms with van der Waals surface area (Å²) in [5, 5.41) is 8.37. The molecule has 0 aromatic rings. The van der Waals surface area contributed by atoms with Gasteiger partial charge < -0.3 is 5.11 Å². The lowest BCUT2D eigenvalue weighted by molar-refractivity contribution is -0.152. The number of halogens is 4. The maximum absolute atomic E-state index is 13.4. The van der Waals surface area contributed by atoms with Crippen LogP contribution in [0.3, 0.4) is 0 Å². The Kier molecular flexibility index (Phi) is 2.39. The number of hydrogen-bond acceptors (Lipinski definition) is 1. The Hall–Kier alpha value is -1.33. The van der Waals surface area contributed by atoms with Crippen molar-refractivity contribution in [2.24, 2.45) is 5.92 Å². The van der Waals surface area contributed by atoms with Crippen LogP contribution in [0.15, 0.2) is 23.6 Å². The third kappa shape index (κ3) is 1.21. The van der Waals surface area contributed by atoms with E-state index >= 15 is 0 Å². The molecule has 2 nitrogen and oxygen atoms in total. The van der Waals surface area contributed by atoms with Crippen molar-refractivity contribution in [3.8, 4) is 0 Å². The summed E-state index contributed by atoms with van der Waals surface area (Å²) >= 11 is 0. The molecule has 0 amide bonds. The largest absolute Gasteiger partial charge is 0.479 e. The molecule has 6 heteroatoms. The standard InChI is InChI=1S/C8H6F4O2/c1-3-6(11)4(9)2-5(10)8(3,12)7(13)14/h2-3H,1H3,(H,13,14). The monoisotopic (exact) mass is 210 g/mol. The van der Waals surface area contributed by atoms with Crippen molar-refractivity contribution >= 4 is 5.97 Å². The van der Waals surface area contributed by atoms with Crippen molar-refractivity contribution in [2.45, 2.75) is 12.6 Å². The fraction of sp³-hybridized carbons (Fsp3) is 0.375. The van der Waals surface area contributed by atoms with Gasteiger partial charge in [0.1, 0.15) is 5.83 Å². The molecule has 0 heterocycles. The maximum Gasteiger partial charge on any atom is 0.349 e. The van der Waals surface area contributed by atoms with Crippen LogP contribution in [0.5, 0.6) is 0 Å². The van der Waals surface area contributed by atoms with E-state index < -0.39 is 35.0 Å². The van der Waals surface area contributed by atoms with Crippen LogP contribution in [0.4, 0.5) is 17.6 Å². The maximum atomic E-state index is 13.4. The van der Waals surface area contributed by atoms with E-state index in [-0.39, 0.29) is 6.08 Å². The van der Waals surface area contributed by atoms with E-state index in [0.29, 0.717) is 0 Å². The van der Waals surface area contributed by atoms with Gasteiger partial charge in [0.15, 0.2) is 11.7 Å². The molecule has 0 spiro atoms. The minimum Gasteiger partial charge on any atom is -0.479 e. The van der Waals surface area contributed by atoms with Crippen LogP contribution in [0.1, 0.15) is 6.92 Å². The zero-order chi connectivity index (χ0) is 11.1. The van der Waals surface area contributed by atoms with E-state index in [1.54, 1.807) is 0 Å². The molecule has 14 heavy (non-hydrogen) atoms. The van der Waals surface area contributed by atoms with Gasteiger partial charge in [0.2, 0.25) is 0 Å². The molecule has 1 N–H and O–H groups in total. The zero-order valence-corrected chi connectivity index (χ0v) is 7.02. The van der Waals surface area contributed by atoms with Crippen LogP contribution in [0.25, 0.3) is 0 Å². The average Bonchev–Trinajstić information content (AvgIpc) is 2.11. The molecule has 1 aliphatic carbocycles. The van der Waals surface area contributed by atoms with Gasteiger partial charge in [-0.05, 0) is 0 Å². The summed E-state index contributed by atoms with van der Waals surface area (Å²) in [5.74, 6) is -9.20. The zero-order valence-electron chi connectivity index (χ0n) is 7.02. The number of alkyl halides is 1. The highest BCUT2D eigenvalue weighted by molar-refractivity contribution is 5.82. The summed E-state index contributed by atoms with van der Waals surface area (Å²) in [6, 6.07) is 0.